The van der Waals surface area contributed by atoms with Gasteiger partial charge in [0.2, 0.25) is 5.91 Å². The van der Waals surface area contributed by atoms with Crippen LogP contribution in [0.25, 0.3) is 11.1 Å². The van der Waals surface area contributed by atoms with Crippen LogP contribution in [-0.2, 0) is 17.8 Å². The number of carbonyl (C=O) groups is 1. The van der Waals surface area contributed by atoms with Gasteiger partial charge >= 0.3 is 0 Å². The van der Waals surface area contributed by atoms with Crippen LogP contribution >= 0.6 is 11.6 Å². The van der Waals surface area contributed by atoms with Crippen LogP contribution in [0, 0.1) is 5.82 Å². The number of amides is 1. The van der Waals surface area contributed by atoms with Gasteiger partial charge in [0, 0.05) is 45.3 Å². The van der Waals surface area contributed by atoms with E-state index in [2.05, 4.69) is 32.9 Å². The lowest BCUT2D eigenvalue weighted by atomic mass is 9.94. The molecule has 0 spiro atoms. The summed E-state index contributed by atoms with van der Waals surface area (Å²) >= 11 is 5.97. The maximum absolute atomic E-state index is 13.5. The Morgan fingerprint density at radius 2 is 1.64 bits per heavy atom. The maximum Gasteiger partial charge on any atom is 0.236 e. The highest BCUT2D eigenvalue weighted by Crippen LogP contribution is 2.29. The molecule has 0 bridgehead atoms. The van der Waals surface area contributed by atoms with Crippen LogP contribution in [-0.4, -0.2) is 65.9 Å². The van der Waals surface area contributed by atoms with Crippen molar-refractivity contribution in [2.24, 2.45) is 0 Å². The second-order valence-electron chi connectivity index (χ2n) is 9.78. The summed E-state index contributed by atoms with van der Waals surface area (Å²) in [5, 5.41) is 0.148. The van der Waals surface area contributed by atoms with Crippen molar-refractivity contribution in [3.05, 3.63) is 58.4 Å². The van der Waals surface area contributed by atoms with E-state index in [1.807, 2.05) is 0 Å². The van der Waals surface area contributed by atoms with Gasteiger partial charge < -0.3 is 4.90 Å². The van der Waals surface area contributed by atoms with Gasteiger partial charge in [-0.15, -0.1) is 0 Å². The molecule has 6 heteroatoms. The Bertz CT molecular complexity index is 999. The molecule has 0 atom stereocenters. The Labute approximate surface area is 201 Å². The molecule has 0 radical (unpaired) electrons. The van der Waals surface area contributed by atoms with Crippen molar-refractivity contribution in [2.75, 3.05) is 39.3 Å². The van der Waals surface area contributed by atoms with Gasteiger partial charge in [0.25, 0.3) is 0 Å². The van der Waals surface area contributed by atoms with E-state index in [4.69, 9.17) is 11.6 Å². The predicted molar refractivity (Wildman–Crippen MR) is 131 cm³/mol. The molecule has 3 aliphatic rings. The zero-order chi connectivity index (χ0) is 22.8. The summed E-state index contributed by atoms with van der Waals surface area (Å²) in [5.41, 5.74) is 4.55. The Morgan fingerprint density at radius 1 is 0.909 bits per heavy atom. The van der Waals surface area contributed by atoms with Crippen LogP contribution in [0.3, 0.4) is 0 Å². The molecule has 1 saturated heterocycles. The van der Waals surface area contributed by atoms with Crippen molar-refractivity contribution >= 4 is 17.5 Å². The Morgan fingerprint density at radius 3 is 2.39 bits per heavy atom. The first kappa shape index (κ1) is 22.8. The molecule has 1 saturated carbocycles. The third-order valence-corrected chi connectivity index (χ3v) is 7.96. The highest BCUT2D eigenvalue weighted by atomic mass is 35.5. The average Bonchev–Trinajstić information content (AvgIpc) is 2.86. The summed E-state index contributed by atoms with van der Waals surface area (Å²) in [5.74, 6) is -0.131. The van der Waals surface area contributed by atoms with Gasteiger partial charge in [-0.1, -0.05) is 55.1 Å². The van der Waals surface area contributed by atoms with Gasteiger partial charge in [-0.3, -0.25) is 14.6 Å². The molecule has 1 amide bonds. The summed E-state index contributed by atoms with van der Waals surface area (Å²) in [6.45, 7) is 5.96. The normalized spacial score (nSPS) is 20.6. The van der Waals surface area contributed by atoms with Crippen LogP contribution in [0.15, 0.2) is 36.4 Å². The number of rotatable bonds is 4. The van der Waals surface area contributed by atoms with Crippen LogP contribution < -0.4 is 0 Å². The maximum atomic E-state index is 13.5. The second kappa shape index (κ2) is 10.1. The topological polar surface area (TPSA) is 26.8 Å². The minimum Gasteiger partial charge on any atom is -0.339 e. The van der Waals surface area contributed by atoms with E-state index >= 15 is 0 Å². The van der Waals surface area contributed by atoms with Crippen molar-refractivity contribution in [3.63, 3.8) is 0 Å². The van der Waals surface area contributed by atoms with E-state index < -0.39 is 5.82 Å². The minimum absolute atomic E-state index is 0.148. The molecule has 2 heterocycles. The lowest BCUT2D eigenvalue weighted by molar-refractivity contribution is -0.134. The van der Waals surface area contributed by atoms with Crippen LogP contribution in [0.5, 0.6) is 0 Å². The standard InChI is InChI=1S/C27H33ClFN3O/c28-25-17-21(8-9-26(25)29)20-6-7-23-18-30(11-10-22(23)16-20)19-27(33)32-14-12-31(13-15-32)24-4-2-1-3-5-24/h6-9,16-17,24H,1-5,10-15,18-19H2. The number of hydrogen-bond acceptors (Lipinski definition) is 3. The smallest absolute Gasteiger partial charge is 0.236 e. The quantitative estimate of drug-likeness (QED) is 0.631. The molecule has 2 aromatic carbocycles. The molecule has 176 valence electrons. The van der Waals surface area contributed by atoms with Crippen molar-refractivity contribution in [1.29, 1.82) is 0 Å². The molecule has 2 aromatic rings. The monoisotopic (exact) mass is 469 g/mol. The fourth-order valence-corrected chi connectivity index (χ4v) is 5.86. The van der Waals surface area contributed by atoms with Crippen LogP contribution in [0.4, 0.5) is 4.39 Å². The summed E-state index contributed by atoms with van der Waals surface area (Å²) in [7, 11) is 0. The Hall–Kier alpha value is -1.95. The van der Waals surface area contributed by atoms with Crippen molar-refractivity contribution < 1.29 is 9.18 Å². The largest absolute Gasteiger partial charge is 0.339 e. The fourth-order valence-electron chi connectivity index (χ4n) is 5.68. The van der Waals surface area contributed by atoms with E-state index in [1.54, 1.807) is 12.1 Å². The number of halogens is 2. The van der Waals surface area contributed by atoms with E-state index in [0.29, 0.717) is 6.54 Å². The first-order valence-electron chi connectivity index (χ1n) is 12.4. The summed E-state index contributed by atoms with van der Waals surface area (Å²) < 4.78 is 13.5. The average molecular weight is 470 g/mol. The molecule has 0 aromatic heterocycles. The van der Waals surface area contributed by atoms with E-state index in [-0.39, 0.29) is 10.9 Å². The third-order valence-electron chi connectivity index (χ3n) is 7.67. The molecule has 5 rings (SSSR count). The summed E-state index contributed by atoms with van der Waals surface area (Å²) in [6, 6.07) is 12.0. The number of piperazine rings is 1. The zero-order valence-corrected chi connectivity index (χ0v) is 20.0. The van der Waals surface area contributed by atoms with E-state index in [0.717, 1.165) is 62.9 Å². The third kappa shape index (κ3) is 5.26. The molecule has 33 heavy (non-hydrogen) atoms. The second-order valence-corrected chi connectivity index (χ2v) is 10.2. The molecule has 1 aliphatic carbocycles. The molecular formula is C27H33ClFN3O. The van der Waals surface area contributed by atoms with Crippen LogP contribution in [0.1, 0.15) is 43.2 Å². The zero-order valence-electron chi connectivity index (χ0n) is 19.2. The minimum atomic E-state index is -0.394. The van der Waals surface area contributed by atoms with E-state index in [9.17, 15) is 9.18 Å². The van der Waals surface area contributed by atoms with Gasteiger partial charge in [0.15, 0.2) is 0 Å². The number of nitrogens with zero attached hydrogens (tertiary/aromatic N) is 3. The van der Waals surface area contributed by atoms with Crippen molar-refractivity contribution in [1.82, 2.24) is 14.7 Å². The molecular weight excluding hydrogens is 437 g/mol. The lowest BCUT2D eigenvalue weighted by Crippen LogP contribution is -2.54. The number of fused-ring (bicyclic) bond motifs is 1. The SMILES string of the molecule is O=C(CN1CCc2cc(-c3ccc(F)c(Cl)c3)ccc2C1)N1CCN(C2CCCCC2)CC1. The van der Waals surface area contributed by atoms with Gasteiger partial charge in [0.05, 0.1) is 11.6 Å². The first-order chi connectivity index (χ1) is 16.1. The molecule has 4 nitrogen and oxygen atoms in total. The van der Waals surface area contributed by atoms with E-state index in [1.165, 1.54) is 49.3 Å². The number of carbonyl (C=O) groups excluding carboxylic acids is 1. The number of hydrogen-bond donors (Lipinski definition) is 0. The van der Waals surface area contributed by atoms with Gasteiger partial charge in [0.1, 0.15) is 5.82 Å². The predicted octanol–water partition coefficient (Wildman–Crippen LogP) is 4.98. The van der Waals surface area contributed by atoms with Crippen LogP contribution in [0.2, 0.25) is 5.02 Å². The Kier molecular flexibility index (Phi) is 7.00. The fraction of sp³-hybridized carbons (Fsp3) is 0.519. The van der Waals surface area contributed by atoms with Gasteiger partial charge in [-0.2, -0.15) is 0 Å². The summed E-state index contributed by atoms with van der Waals surface area (Å²) in [4.78, 5) is 19.9. The van der Waals surface area contributed by atoms with Gasteiger partial charge in [-0.05, 0) is 53.6 Å². The van der Waals surface area contributed by atoms with Gasteiger partial charge in [-0.25, -0.2) is 4.39 Å². The lowest BCUT2D eigenvalue weighted by Gasteiger charge is -2.41. The molecule has 2 aliphatic heterocycles. The van der Waals surface area contributed by atoms with Crippen molar-refractivity contribution in [2.45, 2.75) is 51.1 Å². The molecule has 2 fully saturated rings. The first-order valence-corrected chi connectivity index (χ1v) is 12.8. The van der Waals surface area contributed by atoms with Crippen molar-refractivity contribution in [3.8, 4) is 11.1 Å². The Balaban J connectivity index is 1.15. The number of benzene rings is 2. The highest BCUT2D eigenvalue weighted by molar-refractivity contribution is 6.31. The highest BCUT2D eigenvalue weighted by Gasteiger charge is 2.28. The molecule has 0 N–H and O–H groups in total. The molecule has 0 unspecified atom stereocenters. The summed E-state index contributed by atoms with van der Waals surface area (Å²) in [6.07, 6.45) is 7.68.